The zero-order valence-electron chi connectivity index (χ0n) is 21.7. The Bertz CT molecular complexity index is 1290. The van der Waals surface area contributed by atoms with E-state index in [1.54, 1.807) is 0 Å². The number of esters is 1. The molecule has 6 nitrogen and oxygen atoms in total. The van der Waals surface area contributed by atoms with Gasteiger partial charge in [-0.3, -0.25) is 9.59 Å². The van der Waals surface area contributed by atoms with Crippen molar-refractivity contribution in [3.63, 3.8) is 0 Å². The van der Waals surface area contributed by atoms with Crippen LogP contribution < -0.4 is 10.6 Å². The van der Waals surface area contributed by atoms with E-state index < -0.39 is 23.8 Å². The maximum atomic E-state index is 13.3. The highest BCUT2D eigenvalue weighted by Crippen LogP contribution is 2.24. The topological polar surface area (TPSA) is 84.5 Å². The minimum absolute atomic E-state index is 0.205. The number of amides is 2. The second-order valence-corrected chi connectivity index (χ2v) is 9.19. The Balaban J connectivity index is 1.38. The van der Waals surface area contributed by atoms with E-state index >= 15 is 0 Å². The third-order valence-electron chi connectivity index (χ3n) is 6.33. The fourth-order valence-electron chi connectivity index (χ4n) is 4.36. The molecule has 0 unspecified atom stereocenters. The molecule has 0 saturated heterocycles. The Kier molecular flexibility index (Phi) is 10.0. The molecule has 0 aliphatic rings. The average molecular weight is 521 g/mol. The molecular weight excluding hydrogens is 488 g/mol. The predicted octanol–water partition coefficient (Wildman–Crippen LogP) is 4.45. The first kappa shape index (κ1) is 27.3. The van der Waals surface area contributed by atoms with E-state index in [-0.39, 0.29) is 25.5 Å². The van der Waals surface area contributed by atoms with E-state index in [1.165, 1.54) is 0 Å². The molecule has 0 aromatic heterocycles. The summed E-state index contributed by atoms with van der Waals surface area (Å²) in [6, 6.07) is 37.1. The molecule has 0 fully saturated rings. The maximum absolute atomic E-state index is 13.3. The van der Waals surface area contributed by atoms with Crippen LogP contribution in [0.2, 0.25) is 0 Å². The Morgan fingerprint density at radius 2 is 1.13 bits per heavy atom. The van der Waals surface area contributed by atoms with Crippen LogP contribution in [0.25, 0.3) is 0 Å². The maximum Gasteiger partial charge on any atom is 0.328 e. The Hall–Kier alpha value is -4.71. The summed E-state index contributed by atoms with van der Waals surface area (Å²) in [4.78, 5) is 39.1. The van der Waals surface area contributed by atoms with Gasteiger partial charge in [0.15, 0.2) is 0 Å². The summed E-state index contributed by atoms with van der Waals surface area (Å²) >= 11 is 0. The molecule has 0 heterocycles. The van der Waals surface area contributed by atoms with Gasteiger partial charge in [-0.15, -0.1) is 0 Å². The zero-order valence-corrected chi connectivity index (χ0v) is 21.7. The second-order valence-electron chi connectivity index (χ2n) is 9.19. The monoisotopic (exact) mass is 520 g/mol. The van der Waals surface area contributed by atoms with Gasteiger partial charge in [-0.05, 0) is 22.3 Å². The summed E-state index contributed by atoms with van der Waals surface area (Å²) in [7, 11) is 0. The van der Waals surface area contributed by atoms with E-state index in [2.05, 4.69) is 10.6 Å². The zero-order chi connectivity index (χ0) is 27.3. The average Bonchev–Trinajstić information content (AvgIpc) is 2.98. The number of hydrogen-bond donors (Lipinski definition) is 2. The molecule has 2 amide bonds. The van der Waals surface area contributed by atoms with Crippen molar-refractivity contribution in [2.75, 3.05) is 13.2 Å². The van der Waals surface area contributed by atoms with Crippen LogP contribution in [0.1, 0.15) is 28.2 Å². The summed E-state index contributed by atoms with van der Waals surface area (Å²) in [6.45, 7) is -0.0613. The quantitative estimate of drug-likeness (QED) is 0.271. The van der Waals surface area contributed by atoms with E-state index in [1.807, 2.05) is 121 Å². The van der Waals surface area contributed by atoms with Gasteiger partial charge in [0.1, 0.15) is 6.04 Å². The lowest BCUT2D eigenvalue weighted by Gasteiger charge is -2.20. The van der Waals surface area contributed by atoms with Gasteiger partial charge in [-0.1, -0.05) is 121 Å². The van der Waals surface area contributed by atoms with Gasteiger partial charge in [-0.2, -0.15) is 0 Å². The minimum atomic E-state index is -0.883. The molecule has 2 N–H and O–H groups in total. The lowest BCUT2D eigenvalue weighted by atomic mass is 9.90. The highest BCUT2D eigenvalue weighted by Gasteiger charge is 2.25. The standard InChI is InChI=1S/C33H32N2O4/c36-30(24-34-32(37)31(27-17-9-3-10-18-27)28-19-11-4-12-20-28)35-29(23-26-15-7-2-8-16-26)33(38)39-22-21-25-13-5-1-6-14-25/h1-20,29,31H,21-24H2,(H,34,37)(H,35,36)/t29-/m0/s1. The number of carbonyl (C=O) groups excluding carboxylic acids is 3. The number of nitrogens with one attached hydrogen (secondary N) is 2. The molecule has 0 spiro atoms. The lowest BCUT2D eigenvalue weighted by molar-refractivity contribution is -0.147. The predicted molar refractivity (Wildman–Crippen MR) is 151 cm³/mol. The van der Waals surface area contributed by atoms with Gasteiger partial charge in [0, 0.05) is 12.8 Å². The molecule has 0 aliphatic heterocycles. The summed E-state index contributed by atoms with van der Waals surface area (Å²) < 4.78 is 5.52. The van der Waals surface area contributed by atoms with Crippen LogP contribution in [0.4, 0.5) is 0 Å². The van der Waals surface area contributed by atoms with Gasteiger partial charge < -0.3 is 15.4 Å². The first-order valence-electron chi connectivity index (χ1n) is 13.0. The molecular formula is C33H32N2O4. The van der Waals surface area contributed by atoms with Crippen LogP contribution >= 0.6 is 0 Å². The normalized spacial score (nSPS) is 11.4. The molecule has 6 heteroatoms. The first-order chi connectivity index (χ1) is 19.1. The van der Waals surface area contributed by atoms with Gasteiger partial charge >= 0.3 is 5.97 Å². The summed E-state index contributed by atoms with van der Waals surface area (Å²) in [5.41, 5.74) is 3.60. The molecule has 39 heavy (non-hydrogen) atoms. The third-order valence-corrected chi connectivity index (χ3v) is 6.33. The van der Waals surface area contributed by atoms with Crippen molar-refractivity contribution in [3.8, 4) is 0 Å². The Morgan fingerprint density at radius 1 is 0.641 bits per heavy atom. The van der Waals surface area contributed by atoms with E-state index in [4.69, 9.17) is 4.74 Å². The van der Waals surface area contributed by atoms with Crippen molar-refractivity contribution in [3.05, 3.63) is 144 Å². The van der Waals surface area contributed by atoms with Gasteiger partial charge in [0.05, 0.1) is 19.1 Å². The van der Waals surface area contributed by atoms with Crippen molar-refractivity contribution in [2.45, 2.75) is 24.8 Å². The van der Waals surface area contributed by atoms with E-state index in [0.29, 0.717) is 6.42 Å². The largest absolute Gasteiger partial charge is 0.464 e. The lowest BCUT2D eigenvalue weighted by Crippen LogP contribution is -2.47. The SMILES string of the molecule is O=C(CNC(=O)C(c1ccccc1)c1ccccc1)N[C@@H](Cc1ccccc1)C(=O)OCCc1ccccc1. The highest BCUT2D eigenvalue weighted by molar-refractivity contribution is 5.92. The van der Waals surface area contributed by atoms with Crippen molar-refractivity contribution < 1.29 is 19.1 Å². The van der Waals surface area contributed by atoms with Crippen LogP contribution in [-0.4, -0.2) is 37.0 Å². The Labute approximate surface area is 229 Å². The molecule has 4 aromatic rings. The number of rotatable bonds is 12. The smallest absolute Gasteiger partial charge is 0.328 e. The number of hydrogen-bond acceptors (Lipinski definition) is 4. The van der Waals surface area contributed by atoms with Crippen LogP contribution in [0.5, 0.6) is 0 Å². The van der Waals surface area contributed by atoms with Crippen LogP contribution in [0.3, 0.4) is 0 Å². The summed E-state index contributed by atoms with van der Waals surface area (Å²) in [5.74, 6) is -1.85. The molecule has 0 bridgehead atoms. The second kappa shape index (κ2) is 14.3. The fraction of sp³-hybridized carbons (Fsp3) is 0.182. The van der Waals surface area contributed by atoms with Crippen molar-refractivity contribution >= 4 is 17.8 Å². The number of benzene rings is 4. The van der Waals surface area contributed by atoms with Crippen molar-refractivity contribution in [2.24, 2.45) is 0 Å². The molecule has 0 radical (unpaired) electrons. The van der Waals surface area contributed by atoms with Gasteiger partial charge in [0.2, 0.25) is 11.8 Å². The van der Waals surface area contributed by atoms with Crippen LogP contribution in [0, 0.1) is 0 Å². The van der Waals surface area contributed by atoms with Crippen LogP contribution in [-0.2, 0) is 32.0 Å². The van der Waals surface area contributed by atoms with Crippen LogP contribution in [0.15, 0.2) is 121 Å². The summed E-state index contributed by atoms with van der Waals surface area (Å²) in [6.07, 6.45) is 0.857. The van der Waals surface area contributed by atoms with Crippen molar-refractivity contribution in [1.82, 2.24) is 10.6 Å². The first-order valence-corrected chi connectivity index (χ1v) is 13.0. The number of ether oxygens (including phenoxy) is 1. The van der Waals surface area contributed by atoms with Crippen molar-refractivity contribution in [1.29, 1.82) is 0 Å². The van der Waals surface area contributed by atoms with Gasteiger partial charge in [0.25, 0.3) is 0 Å². The molecule has 0 aliphatic carbocycles. The van der Waals surface area contributed by atoms with Gasteiger partial charge in [-0.25, -0.2) is 4.79 Å². The minimum Gasteiger partial charge on any atom is -0.464 e. The summed E-state index contributed by atoms with van der Waals surface area (Å²) in [5, 5.41) is 5.51. The molecule has 0 saturated carbocycles. The molecule has 1 atom stereocenters. The molecule has 4 aromatic carbocycles. The fourth-order valence-corrected chi connectivity index (χ4v) is 4.36. The number of carbonyl (C=O) groups is 3. The van der Waals surface area contributed by atoms with E-state index in [0.717, 1.165) is 22.3 Å². The highest BCUT2D eigenvalue weighted by atomic mass is 16.5. The third kappa shape index (κ3) is 8.40. The molecule has 198 valence electrons. The molecule has 4 rings (SSSR count). The van der Waals surface area contributed by atoms with E-state index in [9.17, 15) is 14.4 Å². The Morgan fingerprint density at radius 3 is 1.67 bits per heavy atom.